The average Bonchev–Trinajstić information content (AvgIpc) is 3.37. The SMILES string of the molecule is COc1ccc(C2=C(c3cc(OC)c(OC)c(OC)c3)N=NC2)cc1NC(=O)C([NH3+])CCCCN.[Cl-]. The topological polar surface area (TPSA) is 144 Å². The number of unbranched alkanes of at least 4 members (excludes halogenated alkanes) is 1. The van der Waals surface area contributed by atoms with Crippen LogP contribution in [-0.2, 0) is 4.79 Å². The highest BCUT2D eigenvalue weighted by molar-refractivity contribution is 5.98. The van der Waals surface area contributed by atoms with E-state index in [2.05, 4.69) is 21.3 Å². The molecule has 0 radical (unpaired) electrons. The average molecular weight is 520 g/mol. The van der Waals surface area contributed by atoms with Crippen molar-refractivity contribution in [1.82, 2.24) is 0 Å². The lowest BCUT2D eigenvalue weighted by Gasteiger charge is -2.16. The van der Waals surface area contributed by atoms with Gasteiger partial charge in [0.15, 0.2) is 17.5 Å². The van der Waals surface area contributed by atoms with Crippen LogP contribution in [0.2, 0.25) is 0 Å². The Bertz CT molecular complexity index is 1100. The molecule has 1 atom stereocenters. The van der Waals surface area contributed by atoms with Crippen molar-refractivity contribution in [3.05, 3.63) is 41.5 Å². The lowest BCUT2D eigenvalue weighted by Crippen LogP contribution is -3.00. The molecule has 0 fully saturated rings. The number of nitrogens with two attached hydrogens (primary N) is 1. The Hall–Kier alpha value is -3.34. The Kier molecular flexibility index (Phi) is 11.0. The molecule has 0 spiro atoms. The second-order valence-corrected chi connectivity index (χ2v) is 8.03. The van der Waals surface area contributed by atoms with Gasteiger partial charge < -0.3 is 48.1 Å². The molecule has 11 heteroatoms. The Morgan fingerprint density at radius 2 is 1.67 bits per heavy atom. The number of nitrogens with one attached hydrogen (secondary N) is 1. The van der Waals surface area contributed by atoms with Crippen LogP contribution in [0.5, 0.6) is 23.0 Å². The molecule has 36 heavy (non-hydrogen) atoms. The van der Waals surface area contributed by atoms with Gasteiger partial charge in [0.25, 0.3) is 5.91 Å². The van der Waals surface area contributed by atoms with Crippen molar-refractivity contribution in [3.8, 4) is 23.0 Å². The van der Waals surface area contributed by atoms with Crippen LogP contribution in [0.25, 0.3) is 11.3 Å². The fourth-order valence-electron chi connectivity index (χ4n) is 3.88. The third-order valence-corrected chi connectivity index (χ3v) is 5.81. The minimum Gasteiger partial charge on any atom is -1.00 e. The van der Waals surface area contributed by atoms with E-state index in [4.69, 9.17) is 24.7 Å². The van der Waals surface area contributed by atoms with Gasteiger partial charge >= 0.3 is 0 Å². The number of nitrogens with zero attached hydrogens (tertiary/aromatic N) is 2. The minimum absolute atomic E-state index is 0. The van der Waals surface area contributed by atoms with Crippen LogP contribution in [-0.4, -0.2) is 53.5 Å². The van der Waals surface area contributed by atoms with Gasteiger partial charge in [-0.1, -0.05) is 6.07 Å². The number of amides is 1. The molecule has 3 rings (SSSR count). The first-order valence-electron chi connectivity index (χ1n) is 11.4. The number of hydrogen-bond donors (Lipinski definition) is 3. The van der Waals surface area contributed by atoms with Crippen molar-refractivity contribution in [2.45, 2.75) is 25.3 Å². The summed E-state index contributed by atoms with van der Waals surface area (Å²) in [4.78, 5) is 12.7. The molecule has 1 unspecified atom stereocenters. The summed E-state index contributed by atoms with van der Waals surface area (Å²) in [5.74, 6) is 1.93. The molecule has 0 saturated carbocycles. The summed E-state index contributed by atoms with van der Waals surface area (Å²) in [7, 11) is 6.25. The third kappa shape index (κ3) is 6.45. The first-order chi connectivity index (χ1) is 17.0. The molecule has 1 heterocycles. The van der Waals surface area contributed by atoms with Gasteiger partial charge in [0.2, 0.25) is 5.75 Å². The summed E-state index contributed by atoms with van der Waals surface area (Å²) in [6.07, 6.45) is 2.38. The molecule has 6 N–H and O–H groups in total. The largest absolute Gasteiger partial charge is 1.00 e. The summed E-state index contributed by atoms with van der Waals surface area (Å²) in [6, 6.07) is 8.88. The van der Waals surface area contributed by atoms with Crippen molar-refractivity contribution < 1.29 is 41.9 Å². The fraction of sp³-hybridized carbons (Fsp3) is 0.400. The molecular weight excluding hydrogens is 486 g/mol. The molecule has 1 aliphatic heterocycles. The summed E-state index contributed by atoms with van der Waals surface area (Å²) >= 11 is 0. The van der Waals surface area contributed by atoms with Gasteiger partial charge in [0.05, 0.1) is 46.4 Å². The van der Waals surface area contributed by atoms with Crippen LogP contribution >= 0.6 is 0 Å². The number of rotatable bonds is 12. The van der Waals surface area contributed by atoms with Gasteiger partial charge in [-0.05, 0) is 49.2 Å². The number of methoxy groups -OCH3 is 4. The van der Waals surface area contributed by atoms with Gasteiger partial charge in [-0.2, -0.15) is 10.2 Å². The van der Waals surface area contributed by atoms with E-state index in [1.165, 1.54) is 0 Å². The zero-order valence-electron chi connectivity index (χ0n) is 21.1. The first kappa shape index (κ1) is 28.9. The monoisotopic (exact) mass is 519 g/mol. The molecule has 1 aliphatic rings. The number of carbonyl (C=O) groups is 1. The Morgan fingerprint density at radius 1 is 1.00 bits per heavy atom. The van der Waals surface area contributed by atoms with Crippen LogP contribution in [0.4, 0.5) is 5.69 Å². The van der Waals surface area contributed by atoms with E-state index in [-0.39, 0.29) is 24.4 Å². The zero-order valence-corrected chi connectivity index (χ0v) is 21.9. The summed E-state index contributed by atoms with van der Waals surface area (Å²) in [5.41, 5.74) is 13.3. The Labute approximate surface area is 217 Å². The van der Waals surface area contributed by atoms with E-state index >= 15 is 0 Å². The Morgan fingerprint density at radius 3 is 2.25 bits per heavy atom. The second kappa shape index (κ2) is 13.7. The number of ether oxygens (including phenoxy) is 4. The normalized spacial score (nSPS) is 13.2. The predicted molar refractivity (Wildman–Crippen MR) is 134 cm³/mol. The van der Waals surface area contributed by atoms with Crippen LogP contribution in [0.1, 0.15) is 30.4 Å². The molecule has 2 aromatic rings. The van der Waals surface area contributed by atoms with Gasteiger partial charge in [0.1, 0.15) is 5.75 Å². The number of quaternary nitrogens is 1. The molecule has 0 bridgehead atoms. The van der Waals surface area contributed by atoms with Crippen LogP contribution in [0.15, 0.2) is 40.6 Å². The maximum absolute atomic E-state index is 12.7. The van der Waals surface area contributed by atoms with Crippen molar-refractivity contribution in [1.29, 1.82) is 0 Å². The van der Waals surface area contributed by atoms with E-state index in [9.17, 15) is 4.79 Å². The van der Waals surface area contributed by atoms with Crippen LogP contribution < -0.4 is 48.1 Å². The number of halogens is 1. The van der Waals surface area contributed by atoms with Crippen molar-refractivity contribution in [3.63, 3.8) is 0 Å². The van der Waals surface area contributed by atoms with Crippen LogP contribution in [0.3, 0.4) is 0 Å². The fourth-order valence-corrected chi connectivity index (χ4v) is 3.88. The number of carbonyl (C=O) groups excluding carboxylic acids is 1. The molecule has 0 saturated heterocycles. The quantitative estimate of drug-likeness (QED) is 0.329. The van der Waals surface area contributed by atoms with Gasteiger partial charge in [0, 0.05) is 17.6 Å². The van der Waals surface area contributed by atoms with Crippen molar-refractivity contribution >= 4 is 22.9 Å². The highest BCUT2D eigenvalue weighted by Crippen LogP contribution is 2.43. The summed E-state index contributed by atoms with van der Waals surface area (Å²) in [6.45, 7) is 0.993. The second-order valence-electron chi connectivity index (χ2n) is 8.03. The lowest BCUT2D eigenvalue weighted by molar-refractivity contribution is -0.404. The molecular formula is C25H34ClN5O5. The maximum atomic E-state index is 12.7. The summed E-state index contributed by atoms with van der Waals surface area (Å²) < 4.78 is 21.9. The van der Waals surface area contributed by atoms with Crippen molar-refractivity contribution in [2.75, 3.05) is 46.8 Å². The summed E-state index contributed by atoms with van der Waals surface area (Å²) in [5, 5.41) is 11.6. The highest BCUT2D eigenvalue weighted by atomic mass is 35.5. The number of azo groups is 1. The molecule has 0 aromatic heterocycles. The van der Waals surface area contributed by atoms with Gasteiger partial charge in [-0.15, -0.1) is 0 Å². The van der Waals surface area contributed by atoms with Gasteiger partial charge in [-0.25, -0.2) is 0 Å². The molecule has 0 aliphatic carbocycles. The smallest absolute Gasteiger partial charge is 0.282 e. The lowest BCUT2D eigenvalue weighted by atomic mass is 9.99. The van der Waals surface area contributed by atoms with Crippen LogP contribution in [0, 0.1) is 0 Å². The van der Waals surface area contributed by atoms with E-state index < -0.39 is 0 Å². The number of benzene rings is 2. The van der Waals surface area contributed by atoms with E-state index in [0.29, 0.717) is 53.9 Å². The number of hydrogen-bond acceptors (Lipinski definition) is 8. The molecule has 1 amide bonds. The third-order valence-electron chi connectivity index (χ3n) is 5.81. The molecule has 2 aromatic carbocycles. The van der Waals surface area contributed by atoms with Crippen molar-refractivity contribution in [2.24, 2.45) is 16.0 Å². The van der Waals surface area contributed by atoms with E-state index in [1.54, 1.807) is 28.4 Å². The first-order valence-corrected chi connectivity index (χ1v) is 11.4. The zero-order chi connectivity index (χ0) is 25.4. The molecule has 196 valence electrons. The van der Waals surface area contributed by atoms with E-state index in [0.717, 1.165) is 29.5 Å². The predicted octanol–water partition coefficient (Wildman–Crippen LogP) is -0.263. The van der Waals surface area contributed by atoms with Gasteiger partial charge in [-0.3, -0.25) is 4.79 Å². The number of anilines is 1. The minimum atomic E-state index is -0.389. The maximum Gasteiger partial charge on any atom is 0.282 e. The standard InChI is InChI=1S/C25H33N5O5.ClH/c1-32-20-9-8-15(11-19(20)29-25(31)18(27)7-5-6-10-26)17-14-28-30-23(17)16-12-21(33-2)24(35-4)22(13-16)34-3;/h8-9,11-13,18H,5-7,10,14,26-27H2,1-4H3,(H,29,31);1H. The highest BCUT2D eigenvalue weighted by Gasteiger charge is 2.23. The van der Waals surface area contributed by atoms with E-state index in [1.807, 2.05) is 30.3 Å². The Balaban J connectivity index is 0.00000456. The molecule has 10 nitrogen and oxygen atoms in total.